The van der Waals surface area contributed by atoms with Gasteiger partial charge in [-0.25, -0.2) is 0 Å². The second-order valence-corrected chi connectivity index (χ2v) is 16.7. The third-order valence-electron chi connectivity index (χ3n) is 12.4. The lowest BCUT2D eigenvalue weighted by Crippen LogP contribution is -2.16. The highest BCUT2D eigenvalue weighted by molar-refractivity contribution is 5.88. The summed E-state index contributed by atoms with van der Waals surface area (Å²) < 4.78 is 0. The minimum atomic E-state index is -0.151. The van der Waals surface area contributed by atoms with Crippen molar-refractivity contribution < 1.29 is 0 Å². The highest BCUT2D eigenvalue weighted by Gasteiger charge is 2.37. The van der Waals surface area contributed by atoms with Crippen molar-refractivity contribution in [2.24, 2.45) is 0 Å². The fourth-order valence-corrected chi connectivity index (χ4v) is 9.37. The van der Waals surface area contributed by atoms with E-state index in [0.717, 1.165) is 39.7 Å². The van der Waals surface area contributed by atoms with Crippen molar-refractivity contribution in [1.82, 2.24) is 0 Å². The predicted molar refractivity (Wildman–Crippen MR) is 246 cm³/mol. The number of anilines is 6. The molecule has 10 rings (SSSR count). The van der Waals surface area contributed by atoms with Crippen molar-refractivity contribution in [2.45, 2.75) is 38.5 Å². The van der Waals surface area contributed by atoms with Gasteiger partial charge in [-0.15, -0.1) is 0 Å². The summed E-state index contributed by atoms with van der Waals surface area (Å²) in [6.45, 7) is 9.42. The average Bonchev–Trinajstić information content (AvgIpc) is 3.63. The maximum Gasteiger partial charge on any atom is 0.0465 e. The van der Waals surface area contributed by atoms with Crippen LogP contribution in [0.4, 0.5) is 34.1 Å². The Morgan fingerprint density at radius 2 is 0.638 bits per heavy atom. The molecule has 8 aromatic carbocycles. The molecule has 0 aliphatic heterocycles. The van der Waals surface area contributed by atoms with Crippen LogP contribution >= 0.6 is 0 Å². The zero-order valence-electron chi connectivity index (χ0n) is 33.5. The van der Waals surface area contributed by atoms with E-state index in [2.05, 4.69) is 244 Å². The van der Waals surface area contributed by atoms with Gasteiger partial charge in [0.2, 0.25) is 0 Å². The van der Waals surface area contributed by atoms with Crippen LogP contribution in [-0.2, 0) is 10.8 Å². The minimum absolute atomic E-state index is 0.0661. The van der Waals surface area contributed by atoms with Crippen molar-refractivity contribution in [3.63, 3.8) is 0 Å². The second kappa shape index (κ2) is 13.9. The molecule has 0 amide bonds. The maximum atomic E-state index is 2.40. The number of hydrogen-bond donors (Lipinski definition) is 0. The third-order valence-corrected chi connectivity index (χ3v) is 12.4. The molecular formula is C56H46N2. The van der Waals surface area contributed by atoms with Crippen LogP contribution in [0, 0.1) is 0 Å². The fourth-order valence-electron chi connectivity index (χ4n) is 9.37. The molecule has 280 valence electrons. The fraction of sp³-hybridized carbons (Fsp3) is 0.107. The lowest BCUT2D eigenvalue weighted by Gasteiger charge is -2.28. The van der Waals surface area contributed by atoms with E-state index < -0.39 is 0 Å². The molecule has 8 aromatic rings. The van der Waals surface area contributed by atoms with Crippen LogP contribution in [0.15, 0.2) is 194 Å². The first-order chi connectivity index (χ1) is 28.3. The van der Waals surface area contributed by atoms with Crippen molar-refractivity contribution in [3.8, 4) is 22.3 Å². The van der Waals surface area contributed by atoms with E-state index in [1.807, 2.05) is 0 Å². The molecule has 0 N–H and O–H groups in total. The van der Waals surface area contributed by atoms with Gasteiger partial charge in [-0.2, -0.15) is 0 Å². The van der Waals surface area contributed by atoms with Gasteiger partial charge in [-0.1, -0.05) is 161 Å². The number of para-hydroxylation sites is 3. The molecule has 2 aliphatic rings. The van der Waals surface area contributed by atoms with Crippen LogP contribution in [0.25, 0.3) is 34.4 Å². The molecule has 0 saturated carbocycles. The van der Waals surface area contributed by atoms with E-state index in [1.54, 1.807) is 0 Å². The summed E-state index contributed by atoms with van der Waals surface area (Å²) in [6, 6.07) is 70.7. The zero-order chi connectivity index (χ0) is 39.4. The largest absolute Gasteiger partial charge is 0.310 e. The highest BCUT2D eigenvalue weighted by Crippen LogP contribution is 2.52. The Kier molecular flexibility index (Phi) is 8.53. The molecule has 0 saturated heterocycles. The van der Waals surface area contributed by atoms with Gasteiger partial charge in [0.05, 0.1) is 0 Å². The SMILES string of the molecule is CC1(C)c2ccccc2-c2ccc(N(c3ccccc3)c3ccc(C=Cc4ccc5c(c4)C(C)(C)c4cc(N(c6ccccc6)c6ccccc6)ccc4-5)cc3)cc21. The van der Waals surface area contributed by atoms with Crippen LogP contribution in [0.5, 0.6) is 0 Å². The predicted octanol–water partition coefficient (Wildman–Crippen LogP) is 15.4. The minimum Gasteiger partial charge on any atom is -0.310 e. The van der Waals surface area contributed by atoms with Crippen LogP contribution < -0.4 is 9.80 Å². The Bertz CT molecular complexity index is 2780. The standard InChI is InChI=1S/C56H46N2/c1-55(2)51-23-15-14-22-47(51)49-34-31-46(37-53(49)55)58(43-20-12-7-13-21-43)44-29-26-39(27-30-44)24-25-40-28-33-48-50-35-32-45(38-54(50)56(3,4)52(48)36-40)57(41-16-8-5-9-17-41)42-18-10-6-11-19-42/h5-38H,1-4H3. The average molecular weight is 747 g/mol. The van der Waals surface area contributed by atoms with Gasteiger partial charge in [0, 0.05) is 45.0 Å². The van der Waals surface area contributed by atoms with Crippen molar-refractivity contribution in [2.75, 3.05) is 9.80 Å². The number of nitrogens with zero attached hydrogens (tertiary/aromatic N) is 2. The van der Waals surface area contributed by atoms with Crippen molar-refractivity contribution in [1.29, 1.82) is 0 Å². The van der Waals surface area contributed by atoms with Gasteiger partial charge in [-0.3, -0.25) is 0 Å². The summed E-state index contributed by atoms with van der Waals surface area (Å²) in [5.41, 5.74) is 19.8. The van der Waals surface area contributed by atoms with Crippen LogP contribution in [0.3, 0.4) is 0 Å². The normalized spacial score (nSPS) is 14.1. The number of fused-ring (bicyclic) bond motifs is 6. The smallest absolute Gasteiger partial charge is 0.0465 e. The van der Waals surface area contributed by atoms with E-state index in [0.29, 0.717) is 0 Å². The van der Waals surface area contributed by atoms with Crippen LogP contribution in [0.1, 0.15) is 61.1 Å². The third kappa shape index (κ3) is 5.96. The van der Waals surface area contributed by atoms with E-state index in [9.17, 15) is 0 Å². The first-order valence-electron chi connectivity index (χ1n) is 20.3. The summed E-state index contributed by atoms with van der Waals surface area (Å²) in [5, 5.41) is 0. The van der Waals surface area contributed by atoms with Gasteiger partial charge in [0.15, 0.2) is 0 Å². The van der Waals surface area contributed by atoms with E-state index >= 15 is 0 Å². The van der Waals surface area contributed by atoms with E-state index in [1.165, 1.54) is 50.1 Å². The highest BCUT2D eigenvalue weighted by atomic mass is 15.1. The summed E-state index contributed by atoms with van der Waals surface area (Å²) >= 11 is 0. The monoisotopic (exact) mass is 746 g/mol. The van der Waals surface area contributed by atoms with Crippen LogP contribution in [0.2, 0.25) is 0 Å². The Morgan fingerprint density at radius 3 is 1.16 bits per heavy atom. The molecule has 0 spiro atoms. The first-order valence-corrected chi connectivity index (χ1v) is 20.3. The van der Waals surface area contributed by atoms with Gasteiger partial charge < -0.3 is 9.80 Å². The molecule has 0 fully saturated rings. The van der Waals surface area contributed by atoms with E-state index in [-0.39, 0.29) is 10.8 Å². The molecule has 2 heteroatoms. The van der Waals surface area contributed by atoms with Crippen LogP contribution in [-0.4, -0.2) is 0 Å². The molecule has 58 heavy (non-hydrogen) atoms. The molecule has 0 unspecified atom stereocenters. The van der Waals surface area contributed by atoms with Gasteiger partial charge in [-0.05, 0) is 128 Å². The summed E-state index contributed by atoms with van der Waals surface area (Å²) in [4.78, 5) is 4.72. The Labute approximate surface area is 343 Å². The van der Waals surface area contributed by atoms with Crippen molar-refractivity contribution in [3.05, 3.63) is 228 Å². The summed E-state index contributed by atoms with van der Waals surface area (Å²) in [6.07, 6.45) is 4.49. The summed E-state index contributed by atoms with van der Waals surface area (Å²) in [5.74, 6) is 0. The molecule has 0 atom stereocenters. The first kappa shape index (κ1) is 35.5. The zero-order valence-corrected chi connectivity index (χ0v) is 33.5. The summed E-state index contributed by atoms with van der Waals surface area (Å²) in [7, 11) is 0. The number of benzene rings is 8. The quantitative estimate of drug-likeness (QED) is 0.143. The molecule has 0 bridgehead atoms. The van der Waals surface area contributed by atoms with Gasteiger partial charge in [0.25, 0.3) is 0 Å². The molecule has 2 nitrogen and oxygen atoms in total. The van der Waals surface area contributed by atoms with Gasteiger partial charge in [0.1, 0.15) is 0 Å². The van der Waals surface area contributed by atoms with Gasteiger partial charge >= 0.3 is 0 Å². The molecule has 2 aliphatic carbocycles. The molecular weight excluding hydrogens is 701 g/mol. The molecule has 0 heterocycles. The number of hydrogen-bond acceptors (Lipinski definition) is 2. The maximum absolute atomic E-state index is 2.40. The van der Waals surface area contributed by atoms with E-state index in [4.69, 9.17) is 0 Å². The lowest BCUT2D eigenvalue weighted by molar-refractivity contribution is 0.660. The second-order valence-electron chi connectivity index (χ2n) is 16.7. The molecule has 0 aromatic heterocycles. The Hall–Kier alpha value is -6.90. The lowest BCUT2D eigenvalue weighted by atomic mass is 9.81. The topological polar surface area (TPSA) is 6.48 Å². The number of rotatable bonds is 8. The Balaban J connectivity index is 0.934. The van der Waals surface area contributed by atoms with Crippen molar-refractivity contribution >= 4 is 46.3 Å². The Morgan fingerprint density at radius 1 is 0.293 bits per heavy atom. The molecule has 0 radical (unpaired) electrons.